The zero-order valence-corrected chi connectivity index (χ0v) is 15.9. The number of benzene rings is 2. The SMILES string of the molecule is COc1ccc2cc([C@H](C)C(=O)N3C(=O)OC[C@@H]3C(C)(C)C)ccc2c1. The van der Waals surface area contributed by atoms with Gasteiger partial charge < -0.3 is 9.47 Å². The van der Waals surface area contributed by atoms with Gasteiger partial charge >= 0.3 is 6.09 Å². The summed E-state index contributed by atoms with van der Waals surface area (Å²) >= 11 is 0. The lowest BCUT2D eigenvalue weighted by Gasteiger charge is -2.32. The van der Waals surface area contributed by atoms with Gasteiger partial charge in [0.05, 0.1) is 19.1 Å². The lowest BCUT2D eigenvalue weighted by molar-refractivity contribution is -0.131. The van der Waals surface area contributed by atoms with Crippen molar-refractivity contribution >= 4 is 22.8 Å². The number of cyclic esters (lactones) is 1. The number of rotatable bonds is 3. The maximum absolute atomic E-state index is 13.1. The minimum absolute atomic E-state index is 0.222. The summed E-state index contributed by atoms with van der Waals surface area (Å²) in [6.07, 6.45) is -0.549. The molecule has 138 valence electrons. The summed E-state index contributed by atoms with van der Waals surface area (Å²) in [5.41, 5.74) is 0.640. The Bertz CT molecular complexity index is 853. The minimum atomic E-state index is -0.549. The van der Waals surface area contributed by atoms with Crippen molar-refractivity contribution in [3.05, 3.63) is 42.0 Å². The van der Waals surface area contributed by atoms with Crippen molar-refractivity contribution in [2.24, 2.45) is 5.41 Å². The highest BCUT2D eigenvalue weighted by molar-refractivity contribution is 5.97. The second-order valence-corrected chi connectivity index (χ2v) is 7.86. The van der Waals surface area contributed by atoms with Crippen LogP contribution in [0.3, 0.4) is 0 Å². The van der Waals surface area contributed by atoms with E-state index in [4.69, 9.17) is 9.47 Å². The number of imide groups is 1. The molecule has 0 saturated carbocycles. The smallest absolute Gasteiger partial charge is 0.417 e. The second kappa shape index (κ2) is 6.63. The summed E-state index contributed by atoms with van der Waals surface area (Å²) in [5, 5.41) is 2.07. The Morgan fingerprint density at radius 1 is 1.19 bits per heavy atom. The predicted molar refractivity (Wildman–Crippen MR) is 100 cm³/mol. The molecule has 26 heavy (non-hydrogen) atoms. The highest BCUT2D eigenvalue weighted by Gasteiger charge is 2.45. The van der Waals surface area contributed by atoms with E-state index in [-0.39, 0.29) is 24.0 Å². The molecule has 5 heteroatoms. The zero-order valence-electron chi connectivity index (χ0n) is 15.9. The van der Waals surface area contributed by atoms with E-state index in [0.29, 0.717) is 0 Å². The van der Waals surface area contributed by atoms with Crippen LogP contribution in [-0.4, -0.2) is 36.7 Å². The van der Waals surface area contributed by atoms with Crippen molar-refractivity contribution in [3.63, 3.8) is 0 Å². The fraction of sp³-hybridized carbons (Fsp3) is 0.429. The molecule has 0 radical (unpaired) electrons. The van der Waals surface area contributed by atoms with Gasteiger partial charge in [-0.1, -0.05) is 45.0 Å². The molecule has 5 nitrogen and oxygen atoms in total. The Hall–Kier alpha value is -2.56. The average molecular weight is 355 g/mol. The number of methoxy groups -OCH3 is 1. The second-order valence-electron chi connectivity index (χ2n) is 7.86. The van der Waals surface area contributed by atoms with Gasteiger partial charge in [0.1, 0.15) is 12.4 Å². The minimum Gasteiger partial charge on any atom is -0.497 e. The molecule has 2 aromatic rings. The van der Waals surface area contributed by atoms with Crippen LogP contribution < -0.4 is 4.74 Å². The molecule has 0 bridgehead atoms. The lowest BCUT2D eigenvalue weighted by atomic mass is 9.86. The first-order valence-corrected chi connectivity index (χ1v) is 8.80. The Morgan fingerprint density at radius 2 is 1.85 bits per heavy atom. The van der Waals surface area contributed by atoms with Gasteiger partial charge in [-0.2, -0.15) is 0 Å². The van der Waals surface area contributed by atoms with Crippen LogP contribution in [0.15, 0.2) is 36.4 Å². The van der Waals surface area contributed by atoms with Gasteiger partial charge in [-0.3, -0.25) is 4.79 Å². The zero-order chi connectivity index (χ0) is 19.1. The van der Waals surface area contributed by atoms with E-state index in [1.807, 2.05) is 64.1 Å². The van der Waals surface area contributed by atoms with Crippen molar-refractivity contribution in [3.8, 4) is 5.75 Å². The van der Waals surface area contributed by atoms with Gasteiger partial charge in [0.2, 0.25) is 5.91 Å². The molecule has 2 amide bonds. The highest BCUT2D eigenvalue weighted by atomic mass is 16.6. The van der Waals surface area contributed by atoms with E-state index in [1.54, 1.807) is 7.11 Å². The van der Waals surface area contributed by atoms with E-state index < -0.39 is 12.0 Å². The summed E-state index contributed by atoms with van der Waals surface area (Å²) < 4.78 is 10.4. The molecule has 0 spiro atoms. The normalized spacial score (nSPS) is 18.7. The Morgan fingerprint density at radius 3 is 2.50 bits per heavy atom. The topological polar surface area (TPSA) is 55.8 Å². The number of amides is 2. The Labute approximate surface area is 153 Å². The maximum atomic E-state index is 13.1. The molecule has 2 atom stereocenters. The molecular formula is C21H25NO4. The number of carbonyl (C=O) groups excluding carboxylic acids is 2. The molecule has 1 aliphatic heterocycles. The standard InChI is InChI=1S/C21H25NO4/c1-13(19(23)22-18(21(2,3)4)12-26-20(22)24)14-6-7-16-11-17(25-5)9-8-15(16)10-14/h6-11,13,18H,12H2,1-5H3/t13-,18+/m0/s1. The molecule has 1 heterocycles. The molecule has 0 N–H and O–H groups in total. The number of ether oxygens (including phenoxy) is 2. The third-order valence-corrected chi connectivity index (χ3v) is 5.05. The molecule has 0 aliphatic carbocycles. The Kier molecular flexibility index (Phi) is 4.65. The summed E-state index contributed by atoms with van der Waals surface area (Å²) in [4.78, 5) is 26.5. The van der Waals surface area contributed by atoms with Crippen LogP contribution in [0.4, 0.5) is 4.79 Å². The van der Waals surface area contributed by atoms with Crippen LogP contribution in [0, 0.1) is 5.41 Å². The number of fused-ring (bicyclic) bond motifs is 1. The molecule has 0 aromatic heterocycles. The third-order valence-electron chi connectivity index (χ3n) is 5.05. The van der Waals surface area contributed by atoms with Crippen LogP contribution in [0.2, 0.25) is 0 Å². The first kappa shape index (κ1) is 18.2. The van der Waals surface area contributed by atoms with E-state index in [1.165, 1.54) is 4.90 Å². The predicted octanol–water partition coefficient (Wildman–Crippen LogP) is 4.35. The van der Waals surface area contributed by atoms with Gasteiger partial charge in [-0.25, -0.2) is 9.69 Å². The van der Waals surface area contributed by atoms with Gasteiger partial charge in [0.25, 0.3) is 0 Å². The monoisotopic (exact) mass is 355 g/mol. The lowest BCUT2D eigenvalue weighted by Crippen LogP contribution is -2.47. The quantitative estimate of drug-likeness (QED) is 0.821. The molecule has 1 aliphatic rings. The molecule has 0 unspecified atom stereocenters. The fourth-order valence-electron chi connectivity index (χ4n) is 3.29. The Balaban J connectivity index is 1.90. The summed E-state index contributed by atoms with van der Waals surface area (Å²) in [7, 11) is 1.64. The van der Waals surface area contributed by atoms with Gasteiger partial charge in [0.15, 0.2) is 0 Å². The van der Waals surface area contributed by atoms with Crippen LogP contribution in [0.5, 0.6) is 5.75 Å². The molecule has 3 rings (SSSR count). The maximum Gasteiger partial charge on any atom is 0.417 e. The van der Waals surface area contributed by atoms with Crippen molar-refractivity contribution in [1.29, 1.82) is 0 Å². The fourth-order valence-corrected chi connectivity index (χ4v) is 3.29. The van der Waals surface area contributed by atoms with Gasteiger partial charge in [-0.05, 0) is 40.8 Å². The third kappa shape index (κ3) is 3.26. The van der Waals surface area contributed by atoms with Crippen LogP contribution in [0.25, 0.3) is 10.8 Å². The number of nitrogens with zero attached hydrogens (tertiary/aromatic N) is 1. The van der Waals surface area contributed by atoms with Crippen molar-refractivity contribution < 1.29 is 19.1 Å². The van der Waals surface area contributed by atoms with E-state index >= 15 is 0 Å². The first-order chi connectivity index (χ1) is 12.2. The number of hydrogen-bond donors (Lipinski definition) is 0. The van der Waals surface area contributed by atoms with Crippen molar-refractivity contribution in [1.82, 2.24) is 4.90 Å². The van der Waals surface area contributed by atoms with Crippen LogP contribution >= 0.6 is 0 Å². The van der Waals surface area contributed by atoms with E-state index in [0.717, 1.165) is 22.1 Å². The van der Waals surface area contributed by atoms with Crippen molar-refractivity contribution in [2.75, 3.05) is 13.7 Å². The van der Waals surface area contributed by atoms with E-state index in [2.05, 4.69) is 0 Å². The van der Waals surface area contributed by atoms with Crippen LogP contribution in [0.1, 0.15) is 39.2 Å². The van der Waals surface area contributed by atoms with Crippen LogP contribution in [-0.2, 0) is 9.53 Å². The summed E-state index contributed by atoms with van der Waals surface area (Å²) in [5.74, 6) is 0.138. The molecule has 2 aromatic carbocycles. The van der Waals surface area contributed by atoms with Crippen molar-refractivity contribution in [2.45, 2.75) is 39.7 Å². The number of carbonyl (C=O) groups is 2. The number of hydrogen-bond acceptors (Lipinski definition) is 4. The summed E-state index contributed by atoms with van der Waals surface area (Å²) in [6.45, 7) is 8.10. The first-order valence-electron chi connectivity index (χ1n) is 8.80. The molecule has 1 fully saturated rings. The average Bonchev–Trinajstić information content (AvgIpc) is 3.01. The van der Waals surface area contributed by atoms with Gasteiger partial charge in [0, 0.05) is 0 Å². The molecular weight excluding hydrogens is 330 g/mol. The highest BCUT2D eigenvalue weighted by Crippen LogP contribution is 2.33. The largest absolute Gasteiger partial charge is 0.497 e. The van der Waals surface area contributed by atoms with Gasteiger partial charge in [-0.15, -0.1) is 0 Å². The summed E-state index contributed by atoms with van der Waals surface area (Å²) in [6, 6.07) is 11.5. The van der Waals surface area contributed by atoms with E-state index in [9.17, 15) is 9.59 Å². The molecule has 1 saturated heterocycles.